The molecule has 0 atom stereocenters. The number of ether oxygens (including phenoxy) is 1. The van der Waals surface area contributed by atoms with E-state index in [-0.39, 0.29) is 5.69 Å². The number of aromatic nitrogens is 1. The normalized spacial score (nSPS) is 10.8. The Labute approximate surface area is 106 Å². The predicted octanol–water partition coefficient (Wildman–Crippen LogP) is 2.63. The standard InChI is InChI=1S/C14H16N2O2/c1-9(2)8-18-14(17)13-7-11(15)10-5-3-4-6-12(10)16-13/h3-7,9H,8H2,1-2H3,(H2,15,16). The van der Waals surface area contributed by atoms with Crippen molar-refractivity contribution >= 4 is 22.6 Å². The average Bonchev–Trinajstić information content (AvgIpc) is 2.36. The second-order valence-electron chi connectivity index (χ2n) is 4.61. The van der Waals surface area contributed by atoms with Crippen LogP contribution >= 0.6 is 0 Å². The Kier molecular flexibility index (Phi) is 3.46. The topological polar surface area (TPSA) is 65.2 Å². The highest BCUT2D eigenvalue weighted by Crippen LogP contribution is 2.20. The summed E-state index contributed by atoms with van der Waals surface area (Å²) in [5.41, 5.74) is 7.40. The van der Waals surface area contributed by atoms with Crippen molar-refractivity contribution in [2.45, 2.75) is 13.8 Å². The van der Waals surface area contributed by atoms with Crippen molar-refractivity contribution in [3.05, 3.63) is 36.0 Å². The van der Waals surface area contributed by atoms with Crippen LogP contribution in [-0.4, -0.2) is 17.6 Å². The van der Waals surface area contributed by atoms with Crippen LogP contribution in [0, 0.1) is 5.92 Å². The highest BCUT2D eigenvalue weighted by Gasteiger charge is 2.12. The summed E-state index contributed by atoms with van der Waals surface area (Å²) in [6.07, 6.45) is 0. The summed E-state index contributed by atoms with van der Waals surface area (Å²) in [7, 11) is 0. The molecule has 4 heteroatoms. The quantitative estimate of drug-likeness (QED) is 0.843. The van der Waals surface area contributed by atoms with Crippen molar-refractivity contribution in [2.75, 3.05) is 12.3 Å². The Hall–Kier alpha value is -2.10. The van der Waals surface area contributed by atoms with Crippen molar-refractivity contribution in [2.24, 2.45) is 5.92 Å². The zero-order valence-electron chi connectivity index (χ0n) is 10.5. The fraction of sp³-hybridized carbons (Fsp3) is 0.286. The maximum atomic E-state index is 11.8. The molecule has 1 aromatic heterocycles. The zero-order chi connectivity index (χ0) is 13.1. The van der Waals surface area contributed by atoms with Gasteiger partial charge in [-0.05, 0) is 18.1 Å². The zero-order valence-corrected chi connectivity index (χ0v) is 10.5. The Morgan fingerprint density at radius 2 is 2.11 bits per heavy atom. The van der Waals surface area contributed by atoms with Crippen LogP contribution in [0.3, 0.4) is 0 Å². The minimum absolute atomic E-state index is 0.256. The van der Waals surface area contributed by atoms with E-state index in [0.717, 1.165) is 5.39 Å². The maximum absolute atomic E-state index is 11.8. The molecule has 4 nitrogen and oxygen atoms in total. The molecule has 0 aliphatic carbocycles. The Bertz CT molecular complexity index is 579. The molecule has 94 valence electrons. The third-order valence-electron chi connectivity index (χ3n) is 2.51. The molecule has 2 rings (SSSR count). The average molecular weight is 244 g/mol. The third kappa shape index (κ3) is 2.59. The molecule has 0 spiro atoms. The number of esters is 1. The summed E-state index contributed by atoms with van der Waals surface area (Å²) in [5.74, 6) is -0.132. The molecule has 0 aliphatic heterocycles. The van der Waals surface area contributed by atoms with Gasteiger partial charge in [0.15, 0.2) is 5.69 Å². The summed E-state index contributed by atoms with van der Waals surface area (Å²) in [4.78, 5) is 16.1. The van der Waals surface area contributed by atoms with E-state index in [1.807, 2.05) is 38.1 Å². The highest BCUT2D eigenvalue weighted by atomic mass is 16.5. The van der Waals surface area contributed by atoms with Gasteiger partial charge in [-0.25, -0.2) is 9.78 Å². The molecule has 0 unspecified atom stereocenters. The number of carbonyl (C=O) groups excluding carboxylic acids is 1. The summed E-state index contributed by atoms with van der Waals surface area (Å²) in [5, 5.41) is 0.845. The number of nitrogens with zero attached hydrogens (tertiary/aromatic N) is 1. The Balaban J connectivity index is 2.31. The summed E-state index contributed by atoms with van der Waals surface area (Å²) >= 11 is 0. The molecule has 0 radical (unpaired) electrons. The largest absolute Gasteiger partial charge is 0.461 e. The SMILES string of the molecule is CC(C)COC(=O)c1cc(N)c2ccccc2n1. The van der Waals surface area contributed by atoms with Crippen LogP contribution in [0.25, 0.3) is 10.9 Å². The van der Waals surface area contributed by atoms with E-state index in [4.69, 9.17) is 10.5 Å². The van der Waals surface area contributed by atoms with Crippen LogP contribution in [0.2, 0.25) is 0 Å². The van der Waals surface area contributed by atoms with Gasteiger partial charge in [0.25, 0.3) is 0 Å². The molecule has 2 aromatic rings. The lowest BCUT2D eigenvalue weighted by Gasteiger charge is -2.08. The number of anilines is 1. The number of nitrogens with two attached hydrogens (primary N) is 1. The number of hydrogen-bond donors (Lipinski definition) is 1. The van der Waals surface area contributed by atoms with Crippen molar-refractivity contribution < 1.29 is 9.53 Å². The summed E-state index contributed by atoms with van der Waals surface area (Å²) in [6.45, 7) is 4.35. The molecule has 0 aliphatic rings. The lowest BCUT2D eigenvalue weighted by atomic mass is 10.1. The van der Waals surface area contributed by atoms with Gasteiger partial charge < -0.3 is 10.5 Å². The fourth-order valence-electron chi connectivity index (χ4n) is 1.62. The van der Waals surface area contributed by atoms with E-state index in [1.54, 1.807) is 6.07 Å². The second-order valence-corrected chi connectivity index (χ2v) is 4.61. The van der Waals surface area contributed by atoms with Crippen LogP contribution < -0.4 is 5.73 Å². The minimum atomic E-state index is -0.429. The highest BCUT2D eigenvalue weighted by molar-refractivity contribution is 5.96. The lowest BCUT2D eigenvalue weighted by Crippen LogP contribution is -2.12. The van der Waals surface area contributed by atoms with E-state index < -0.39 is 5.97 Å². The number of hydrogen-bond acceptors (Lipinski definition) is 4. The van der Waals surface area contributed by atoms with E-state index in [1.165, 1.54) is 0 Å². The van der Waals surface area contributed by atoms with Crippen molar-refractivity contribution in [3.63, 3.8) is 0 Å². The molecular weight excluding hydrogens is 228 g/mol. The molecule has 0 fully saturated rings. The van der Waals surface area contributed by atoms with Crippen LogP contribution in [0.1, 0.15) is 24.3 Å². The van der Waals surface area contributed by atoms with Gasteiger partial charge in [0.2, 0.25) is 0 Å². The molecule has 0 amide bonds. The molecule has 0 bridgehead atoms. The van der Waals surface area contributed by atoms with Crippen molar-refractivity contribution in [3.8, 4) is 0 Å². The first-order valence-electron chi connectivity index (χ1n) is 5.90. The lowest BCUT2D eigenvalue weighted by molar-refractivity contribution is 0.0452. The van der Waals surface area contributed by atoms with Crippen LogP contribution in [0.4, 0.5) is 5.69 Å². The van der Waals surface area contributed by atoms with E-state index in [0.29, 0.717) is 23.7 Å². The molecule has 18 heavy (non-hydrogen) atoms. The van der Waals surface area contributed by atoms with E-state index in [2.05, 4.69) is 4.98 Å². The molecule has 2 N–H and O–H groups in total. The molecular formula is C14H16N2O2. The number of fused-ring (bicyclic) bond motifs is 1. The second kappa shape index (κ2) is 5.04. The van der Waals surface area contributed by atoms with Crippen molar-refractivity contribution in [1.82, 2.24) is 4.98 Å². The van der Waals surface area contributed by atoms with Gasteiger partial charge in [-0.3, -0.25) is 0 Å². The van der Waals surface area contributed by atoms with Gasteiger partial charge >= 0.3 is 5.97 Å². The number of carbonyl (C=O) groups is 1. The van der Waals surface area contributed by atoms with Crippen molar-refractivity contribution in [1.29, 1.82) is 0 Å². The number of rotatable bonds is 3. The number of nitrogen functional groups attached to an aromatic ring is 1. The molecule has 0 saturated carbocycles. The summed E-state index contributed by atoms with van der Waals surface area (Å²) in [6, 6.07) is 9.01. The van der Waals surface area contributed by atoms with E-state index >= 15 is 0 Å². The molecule has 0 saturated heterocycles. The van der Waals surface area contributed by atoms with Gasteiger partial charge in [0.1, 0.15) is 0 Å². The smallest absolute Gasteiger partial charge is 0.357 e. The number of para-hydroxylation sites is 1. The van der Waals surface area contributed by atoms with Gasteiger partial charge in [-0.1, -0.05) is 32.0 Å². The molecule has 1 aromatic carbocycles. The van der Waals surface area contributed by atoms with Gasteiger partial charge in [-0.15, -0.1) is 0 Å². The first kappa shape index (κ1) is 12.4. The van der Waals surface area contributed by atoms with Crippen LogP contribution in [-0.2, 0) is 4.74 Å². The van der Waals surface area contributed by atoms with Gasteiger partial charge in [0.05, 0.1) is 12.1 Å². The van der Waals surface area contributed by atoms with E-state index in [9.17, 15) is 4.79 Å². The fourth-order valence-corrected chi connectivity index (χ4v) is 1.62. The predicted molar refractivity (Wildman–Crippen MR) is 71.3 cm³/mol. The Morgan fingerprint density at radius 3 is 2.83 bits per heavy atom. The third-order valence-corrected chi connectivity index (χ3v) is 2.51. The minimum Gasteiger partial charge on any atom is -0.461 e. The van der Waals surface area contributed by atoms with Crippen LogP contribution in [0.15, 0.2) is 30.3 Å². The first-order valence-corrected chi connectivity index (χ1v) is 5.90. The maximum Gasteiger partial charge on any atom is 0.357 e. The van der Waals surface area contributed by atoms with Gasteiger partial charge in [-0.2, -0.15) is 0 Å². The van der Waals surface area contributed by atoms with Gasteiger partial charge in [0, 0.05) is 11.1 Å². The van der Waals surface area contributed by atoms with Crippen LogP contribution in [0.5, 0.6) is 0 Å². The first-order chi connectivity index (χ1) is 8.58. The number of benzene rings is 1. The Morgan fingerprint density at radius 1 is 1.39 bits per heavy atom. The molecule has 1 heterocycles. The number of pyridine rings is 1. The monoisotopic (exact) mass is 244 g/mol. The summed E-state index contributed by atoms with van der Waals surface area (Å²) < 4.78 is 5.14.